The average molecular weight is 247 g/mol. The summed E-state index contributed by atoms with van der Waals surface area (Å²) in [7, 11) is 2.07. The predicted molar refractivity (Wildman–Crippen MR) is 76.0 cm³/mol. The number of nitrogens with one attached hydrogen (secondary N) is 1. The van der Waals surface area contributed by atoms with Crippen LogP contribution in [0.3, 0.4) is 0 Å². The van der Waals surface area contributed by atoms with E-state index in [1.165, 1.54) is 29.5 Å². The summed E-state index contributed by atoms with van der Waals surface area (Å²) in [6.45, 7) is 6.26. The molecular formula is C16H25NO. The molecule has 0 spiro atoms. The summed E-state index contributed by atoms with van der Waals surface area (Å²) in [4.78, 5) is 0. The van der Waals surface area contributed by atoms with Gasteiger partial charge in [0.25, 0.3) is 0 Å². The Bertz CT molecular complexity index is 383. The largest absolute Gasteiger partial charge is 0.381 e. The number of ether oxygens (including phenoxy) is 1. The minimum Gasteiger partial charge on any atom is -0.381 e. The van der Waals surface area contributed by atoms with Gasteiger partial charge < -0.3 is 10.1 Å². The Hall–Kier alpha value is -0.860. The number of hydrogen-bond acceptors (Lipinski definition) is 2. The van der Waals surface area contributed by atoms with Crippen LogP contribution in [-0.2, 0) is 11.2 Å². The van der Waals surface area contributed by atoms with Crippen molar-refractivity contribution in [2.24, 2.45) is 5.92 Å². The number of benzene rings is 1. The first-order chi connectivity index (χ1) is 8.69. The molecule has 1 heterocycles. The Morgan fingerprint density at radius 2 is 2.17 bits per heavy atom. The standard InChI is InChI=1S/C16H25NO/c1-12-4-5-14(8-13(12)2)9-16(17-3)10-15-6-7-18-11-15/h4-5,8,15-17H,6-7,9-11H2,1-3H3. The van der Waals surface area contributed by atoms with E-state index in [0.29, 0.717) is 6.04 Å². The second-order valence-corrected chi connectivity index (χ2v) is 5.57. The fourth-order valence-electron chi connectivity index (χ4n) is 2.69. The van der Waals surface area contributed by atoms with Crippen LogP contribution in [0.1, 0.15) is 29.5 Å². The molecule has 2 unspecified atom stereocenters. The van der Waals surface area contributed by atoms with Gasteiger partial charge in [-0.3, -0.25) is 0 Å². The molecule has 2 atom stereocenters. The quantitative estimate of drug-likeness (QED) is 0.864. The zero-order chi connectivity index (χ0) is 13.0. The van der Waals surface area contributed by atoms with Crippen molar-refractivity contribution >= 4 is 0 Å². The summed E-state index contributed by atoms with van der Waals surface area (Å²) in [5.41, 5.74) is 4.21. The maximum Gasteiger partial charge on any atom is 0.0495 e. The third kappa shape index (κ3) is 3.56. The van der Waals surface area contributed by atoms with Gasteiger partial charge in [0.1, 0.15) is 0 Å². The zero-order valence-electron chi connectivity index (χ0n) is 11.8. The molecule has 1 aliphatic rings. The summed E-state index contributed by atoms with van der Waals surface area (Å²) >= 11 is 0. The van der Waals surface area contributed by atoms with Gasteiger partial charge in [0.2, 0.25) is 0 Å². The van der Waals surface area contributed by atoms with Gasteiger partial charge in [-0.1, -0.05) is 18.2 Å². The zero-order valence-corrected chi connectivity index (χ0v) is 11.8. The van der Waals surface area contributed by atoms with E-state index in [1.807, 2.05) is 0 Å². The molecule has 1 aromatic rings. The van der Waals surface area contributed by atoms with Crippen LogP contribution in [0.2, 0.25) is 0 Å². The first kappa shape index (κ1) is 13.6. The minimum atomic E-state index is 0.568. The summed E-state index contributed by atoms with van der Waals surface area (Å²) in [5.74, 6) is 0.744. The molecule has 18 heavy (non-hydrogen) atoms. The average Bonchev–Trinajstić information content (AvgIpc) is 2.86. The molecule has 0 bridgehead atoms. The van der Waals surface area contributed by atoms with Crippen LogP contribution < -0.4 is 5.32 Å². The minimum absolute atomic E-state index is 0.568. The fourth-order valence-corrected chi connectivity index (χ4v) is 2.69. The van der Waals surface area contributed by atoms with Crippen molar-refractivity contribution in [2.45, 2.75) is 39.2 Å². The van der Waals surface area contributed by atoms with Crippen LogP contribution >= 0.6 is 0 Å². The molecule has 1 fully saturated rings. The fraction of sp³-hybridized carbons (Fsp3) is 0.625. The van der Waals surface area contributed by atoms with Gasteiger partial charge in [-0.05, 0) is 62.8 Å². The lowest BCUT2D eigenvalue weighted by atomic mass is 9.93. The second-order valence-electron chi connectivity index (χ2n) is 5.57. The number of aryl methyl sites for hydroxylation is 2. The van der Waals surface area contributed by atoms with Crippen molar-refractivity contribution in [1.82, 2.24) is 5.32 Å². The molecule has 1 N–H and O–H groups in total. The molecule has 0 radical (unpaired) electrons. The van der Waals surface area contributed by atoms with Gasteiger partial charge >= 0.3 is 0 Å². The van der Waals surface area contributed by atoms with Crippen LogP contribution in [0.4, 0.5) is 0 Å². The number of likely N-dealkylation sites (N-methyl/N-ethyl adjacent to an activating group) is 1. The summed E-state index contributed by atoms with van der Waals surface area (Å²) in [6, 6.07) is 7.39. The Balaban J connectivity index is 1.94. The maximum absolute atomic E-state index is 5.46. The SMILES string of the molecule is CNC(Cc1ccc(C)c(C)c1)CC1CCOC1. The van der Waals surface area contributed by atoms with Crippen molar-refractivity contribution in [3.05, 3.63) is 34.9 Å². The van der Waals surface area contributed by atoms with E-state index in [4.69, 9.17) is 4.74 Å². The van der Waals surface area contributed by atoms with Crippen molar-refractivity contribution in [2.75, 3.05) is 20.3 Å². The highest BCUT2D eigenvalue weighted by atomic mass is 16.5. The van der Waals surface area contributed by atoms with E-state index >= 15 is 0 Å². The van der Waals surface area contributed by atoms with E-state index in [0.717, 1.165) is 25.6 Å². The Labute approximate surface area is 111 Å². The predicted octanol–water partition coefficient (Wildman–Crippen LogP) is 2.86. The Kier molecular flexibility index (Phi) is 4.79. The van der Waals surface area contributed by atoms with Gasteiger partial charge in [0, 0.05) is 19.3 Å². The molecule has 2 heteroatoms. The number of rotatable bonds is 5. The molecular weight excluding hydrogens is 222 g/mol. The first-order valence-electron chi connectivity index (χ1n) is 7.00. The summed E-state index contributed by atoms with van der Waals surface area (Å²) in [6.07, 6.45) is 3.57. The van der Waals surface area contributed by atoms with Gasteiger partial charge in [0.05, 0.1) is 0 Å². The smallest absolute Gasteiger partial charge is 0.0495 e. The molecule has 2 rings (SSSR count). The van der Waals surface area contributed by atoms with Crippen LogP contribution in [0.25, 0.3) is 0 Å². The van der Waals surface area contributed by atoms with Crippen molar-refractivity contribution in [1.29, 1.82) is 0 Å². The van der Waals surface area contributed by atoms with Gasteiger partial charge in [-0.2, -0.15) is 0 Å². The van der Waals surface area contributed by atoms with Gasteiger partial charge in [0.15, 0.2) is 0 Å². The van der Waals surface area contributed by atoms with Gasteiger partial charge in [-0.25, -0.2) is 0 Å². The lowest BCUT2D eigenvalue weighted by molar-refractivity contribution is 0.181. The molecule has 100 valence electrons. The van der Waals surface area contributed by atoms with Crippen molar-refractivity contribution in [3.8, 4) is 0 Å². The lowest BCUT2D eigenvalue weighted by Gasteiger charge is -2.20. The third-order valence-electron chi connectivity index (χ3n) is 4.10. The number of hydrogen-bond donors (Lipinski definition) is 1. The van der Waals surface area contributed by atoms with E-state index in [2.05, 4.69) is 44.4 Å². The van der Waals surface area contributed by atoms with Crippen molar-refractivity contribution < 1.29 is 4.74 Å². The molecule has 2 nitrogen and oxygen atoms in total. The molecule has 0 saturated carbocycles. The highest BCUT2D eigenvalue weighted by molar-refractivity contribution is 5.30. The van der Waals surface area contributed by atoms with Crippen LogP contribution in [0.5, 0.6) is 0 Å². The van der Waals surface area contributed by atoms with Crippen LogP contribution in [0, 0.1) is 19.8 Å². The second kappa shape index (κ2) is 6.35. The van der Waals surface area contributed by atoms with Crippen LogP contribution in [-0.4, -0.2) is 26.3 Å². The van der Waals surface area contributed by atoms with E-state index < -0.39 is 0 Å². The Morgan fingerprint density at radius 1 is 1.33 bits per heavy atom. The molecule has 1 aromatic carbocycles. The van der Waals surface area contributed by atoms with E-state index in [-0.39, 0.29) is 0 Å². The lowest BCUT2D eigenvalue weighted by Crippen LogP contribution is -2.30. The Morgan fingerprint density at radius 3 is 2.78 bits per heavy atom. The first-order valence-corrected chi connectivity index (χ1v) is 7.00. The molecule has 1 aliphatic heterocycles. The van der Waals surface area contributed by atoms with Crippen molar-refractivity contribution in [3.63, 3.8) is 0 Å². The maximum atomic E-state index is 5.46. The molecule has 0 aromatic heterocycles. The molecule has 0 amide bonds. The third-order valence-corrected chi connectivity index (χ3v) is 4.10. The summed E-state index contributed by atoms with van der Waals surface area (Å²) < 4.78 is 5.46. The highest BCUT2D eigenvalue weighted by Gasteiger charge is 2.20. The van der Waals surface area contributed by atoms with Gasteiger partial charge in [-0.15, -0.1) is 0 Å². The molecule has 0 aliphatic carbocycles. The van der Waals surface area contributed by atoms with E-state index in [9.17, 15) is 0 Å². The summed E-state index contributed by atoms with van der Waals surface area (Å²) in [5, 5.41) is 3.46. The molecule has 1 saturated heterocycles. The monoisotopic (exact) mass is 247 g/mol. The topological polar surface area (TPSA) is 21.3 Å². The van der Waals surface area contributed by atoms with E-state index in [1.54, 1.807) is 0 Å². The normalized spacial score (nSPS) is 21.2. The highest BCUT2D eigenvalue weighted by Crippen LogP contribution is 2.20. The van der Waals surface area contributed by atoms with Crippen LogP contribution in [0.15, 0.2) is 18.2 Å².